The molecule has 0 aromatic heterocycles. The highest BCUT2D eigenvalue weighted by Gasteiger charge is 2.28. The number of nitrogens with zero attached hydrogens (tertiary/aromatic N) is 3. The Labute approximate surface area is 194 Å². The fraction of sp³-hybridized carbons (Fsp3) is 0.286. The average Bonchev–Trinajstić information content (AvgIpc) is 2.70. The zero-order chi connectivity index (χ0) is 20.8. The highest BCUT2D eigenvalue weighted by Crippen LogP contribution is 2.34. The fourth-order valence-corrected chi connectivity index (χ4v) is 3.59. The quantitative estimate of drug-likeness (QED) is 0.392. The van der Waals surface area contributed by atoms with Gasteiger partial charge in [0.25, 0.3) is 0 Å². The molecule has 2 aromatic carbocycles. The third kappa shape index (κ3) is 7.04. The van der Waals surface area contributed by atoms with Gasteiger partial charge in [0.15, 0.2) is 11.9 Å². The molecule has 0 saturated heterocycles. The number of hydrogen-bond donors (Lipinski definition) is 4. The van der Waals surface area contributed by atoms with Crippen LogP contribution in [0.3, 0.4) is 0 Å². The van der Waals surface area contributed by atoms with E-state index in [2.05, 4.69) is 9.98 Å². The summed E-state index contributed by atoms with van der Waals surface area (Å²) in [6, 6.07) is 14.5. The van der Waals surface area contributed by atoms with Gasteiger partial charge in [-0.05, 0) is 61.4 Å². The zero-order valence-electron chi connectivity index (χ0n) is 17.1. The molecule has 1 saturated carbocycles. The molecule has 1 aliphatic carbocycles. The van der Waals surface area contributed by atoms with Crippen molar-refractivity contribution in [3.8, 4) is 0 Å². The van der Waals surface area contributed by atoms with E-state index in [1.54, 1.807) is 29.2 Å². The number of anilines is 2. The Kier molecular flexibility index (Phi) is 10.1. The van der Waals surface area contributed by atoms with Crippen LogP contribution in [0.2, 0.25) is 0 Å². The molecular weight excluding hydrogens is 437 g/mol. The van der Waals surface area contributed by atoms with E-state index < -0.39 is 0 Å². The fourth-order valence-electron chi connectivity index (χ4n) is 3.59. The lowest BCUT2D eigenvalue weighted by Gasteiger charge is -2.29. The molecule has 8 N–H and O–H groups in total. The number of aliphatic imine (C=N–C) groups is 2. The molecule has 1 aliphatic rings. The van der Waals surface area contributed by atoms with Crippen molar-refractivity contribution >= 4 is 65.4 Å². The van der Waals surface area contributed by atoms with Crippen LogP contribution in [0.4, 0.5) is 22.7 Å². The topological polar surface area (TPSA) is 149 Å². The first-order chi connectivity index (χ1) is 13.9. The highest BCUT2D eigenvalue weighted by atomic mass is 35.5. The molecule has 0 aliphatic heterocycles. The van der Waals surface area contributed by atoms with Gasteiger partial charge in [-0.3, -0.25) is 9.69 Å². The van der Waals surface area contributed by atoms with Crippen molar-refractivity contribution in [2.45, 2.75) is 32.1 Å². The third-order valence-corrected chi connectivity index (χ3v) is 4.91. The maximum Gasteiger partial charge on any atom is 0.234 e. The van der Waals surface area contributed by atoms with Gasteiger partial charge in [0.1, 0.15) is 0 Å². The molecule has 0 radical (unpaired) electrons. The summed E-state index contributed by atoms with van der Waals surface area (Å²) in [5, 5.41) is 0. The summed E-state index contributed by atoms with van der Waals surface area (Å²) in [5.41, 5.74) is 24.5. The molecule has 0 spiro atoms. The molecule has 0 atom stereocenters. The van der Waals surface area contributed by atoms with Crippen molar-refractivity contribution in [2.24, 2.45) is 38.8 Å². The second-order valence-electron chi connectivity index (χ2n) is 7.11. The molecule has 1 fully saturated rings. The largest absolute Gasteiger partial charge is 0.370 e. The number of amides is 1. The lowest BCUT2D eigenvalue weighted by atomic mass is 9.88. The van der Waals surface area contributed by atoms with Crippen molar-refractivity contribution in [3.05, 3.63) is 48.5 Å². The van der Waals surface area contributed by atoms with Crippen molar-refractivity contribution in [3.63, 3.8) is 0 Å². The first kappa shape index (κ1) is 26.1. The maximum absolute atomic E-state index is 13.4. The summed E-state index contributed by atoms with van der Waals surface area (Å²) in [6.45, 7) is 0. The zero-order valence-corrected chi connectivity index (χ0v) is 18.7. The SMILES string of the molecule is Cl.Cl.NC(N)=Nc1ccc(N(C(=O)C2CCCCC2)c2ccc(N=C(N)N)cc2)cc1. The van der Waals surface area contributed by atoms with Gasteiger partial charge in [-0.2, -0.15) is 0 Å². The predicted molar refractivity (Wildman–Crippen MR) is 132 cm³/mol. The summed E-state index contributed by atoms with van der Waals surface area (Å²) < 4.78 is 0. The molecule has 0 unspecified atom stereocenters. The van der Waals surface area contributed by atoms with E-state index in [1.165, 1.54) is 6.42 Å². The second-order valence-corrected chi connectivity index (χ2v) is 7.11. The standard InChI is InChI=1S/C21H27N7O.2ClH/c22-20(23)26-15-6-10-17(11-7-15)28(19(29)14-4-2-1-3-5-14)18-12-8-16(9-13-18)27-21(24)25;;/h6-14H,1-5H2,(H4,22,23,26)(H4,24,25,27);2*1H. The Hall–Kier alpha value is -2.97. The molecule has 0 bridgehead atoms. The molecular formula is C21H29Cl2N7O. The number of carbonyl (C=O) groups is 1. The van der Waals surface area contributed by atoms with Crippen molar-refractivity contribution < 1.29 is 4.79 Å². The Morgan fingerprint density at radius 3 is 1.45 bits per heavy atom. The van der Waals surface area contributed by atoms with Crippen LogP contribution in [0.5, 0.6) is 0 Å². The van der Waals surface area contributed by atoms with Gasteiger partial charge in [0.05, 0.1) is 11.4 Å². The van der Waals surface area contributed by atoms with Gasteiger partial charge < -0.3 is 22.9 Å². The van der Waals surface area contributed by atoms with Gasteiger partial charge in [-0.25, -0.2) is 9.98 Å². The molecule has 2 aromatic rings. The number of rotatable bonds is 5. The van der Waals surface area contributed by atoms with Crippen LogP contribution in [-0.2, 0) is 4.79 Å². The minimum absolute atomic E-state index is 0. The van der Waals surface area contributed by atoms with Crippen molar-refractivity contribution in [2.75, 3.05) is 4.90 Å². The first-order valence-electron chi connectivity index (χ1n) is 9.67. The second kappa shape index (κ2) is 12.0. The Morgan fingerprint density at radius 2 is 1.10 bits per heavy atom. The van der Waals surface area contributed by atoms with Crippen LogP contribution in [0.15, 0.2) is 58.5 Å². The first-order valence-corrected chi connectivity index (χ1v) is 9.67. The number of guanidine groups is 2. The van der Waals surface area contributed by atoms with Crippen LogP contribution < -0.4 is 27.8 Å². The van der Waals surface area contributed by atoms with E-state index in [-0.39, 0.29) is 48.6 Å². The number of benzene rings is 2. The Morgan fingerprint density at radius 1 is 0.710 bits per heavy atom. The predicted octanol–water partition coefficient (Wildman–Crippen LogP) is 3.59. The van der Waals surface area contributed by atoms with Gasteiger partial charge >= 0.3 is 0 Å². The van der Waals surface area contributed by atoms with Crippen LogP contribution in [0, 0.1) is 5.92 Å². The van der Waals surface area contributed by atoms with E-state index in [1.807, 2.05) is 24.3 Å². The number of nitrogens with two attached hydrogens (primary N) is 4. The number of carbonyl (C=O) groups excluding carboxylic acids is 1. The Balaban J connectivity index is 0.00000240. The molecule has 31 heavy (non-hydrogen) atoms. The lowest BCUT2D eigenvalue weighted by molar-refractivity contribution is -0.122. The summed E-state index contributed by atoms with van der Waals surface area (Å²) in [7, 11) is 0. The highest BCUT2D eigenvalue weighted by molar-refractivity contribution is 6.02. The van der Waals surface area contributed by atoms with Gasteiger partial charge in [-0.15, -0.1) is 24.8 Å². The number of halogens is 2. The van der Waals surface area contributed by atoms with Crippen LogP contribution in [0.25, 0.3) is 0 Å². The summed E-state index contributed by atoms with van der Waals surface area (Å²) in [5.74, 6) is 0.0822. The minimum Gasteiger partial charge on any atom is -0.370 e. The van der Waals surface area contributed by atoms with Crippen LogP contribution in [0.1, 0.15) is 32.1 Å². The molecule has 168 valence electrons. The minimum atomic E-state index is -0.0109. The summed E-state index contributed by atoms with van der Waals surface area (Å²) in [4.78, 5) is 23.2. The molecule has 0 heterocycles. The molecule has 1 amide bonds. The lowest BCUT2D eigenvalue weighted by Crippen LogP contribution is -2.33. The monoisotopic (exact) mass is 465 g/mol. The van der Waals surface area contributed by atoms with E-state index in [0.29, 0.717) is 11.4 Å². The smallest absolute Gasteiger partial charge is 0.234 e. The van der Waals surface area contributed by atoms with Gasteiger partial charge in [0.2, 0.25) is 5.91 Å². The van der Waals surface area contributed by atoms with E-state index >= 15 is 0 Å². The average molecular weight is 466 g/mol. The number of hydrogen-bond acceptors (Lipinski definition) is 3. The van der Waals surface area contributed by atoms with Crippen LogP contribution >= 0.6 is 24.8 Å². The third-order valence-electron chi connectivity index (χ3n) is 4.91. The van der Waals surface area contributed by atoms with Gasteiger partial charge in [-0.1, -0.05) is 19.3 Å². The van der Waals surface area contributed by atoms with E-state index in [4.69, 9.17) is 22.9 Å². The molecule has 8 nitrogen and oxygen atoms in total. The van der Waals surface area contributed by atoms with Crippen molar-refractivity contribution in [1.29, 1.82) is 0 Å². The van der Waals surface area contributed by atoms with Gasteiger partial charge in [0, 0.05) is 17.3 Å². The van der Waals surface area contributed by atoms with Crippen LogP contribution in [-0.4, -0.2) is 17.8 Å². The maximum atomic E-state index is 13.4. The van der Waals surface area contributed by atoms with Crippen molar-refractivity contribution in [1.82, 2.24) is 0 Å². The van der Waals surface area contributed by atoms with E-state index in [0.717, 1.165) is 37.1 Å². The normalized spacial score (nSPS) is 13.2. The molecule has 3 rings (SSSR count). The van der Waals surface area contributed by atoms with E-state index in [9.17, 15) is 4.79 Å². The molecule has 10 heteroatoms. The summed E-state index contributed by atoms with van der Waals surface area (Å²) in [6.07, 6.45) is 5.17. The summed E-state index contributed by atoms with van der Waals surface area (Å²) >= 11 is 0. The Bertz CT molecular complexity index is 839.